The van der Waals surface area contributed by atoms with Crippen LogP contribution in [0.5, 0.6) is 11.5 Å². The molecule has 0 amide bonds. The maximum Gasteiger partial charge on any atom is 0.188 e. The van der Waals surface area contributed by atoms with Gasteiger partial charge in [0.2, 0.25) is 0 Å². The number of terminal acetylenes is 2. The molecule has 0 aliphatic carbocycles. The average molecular weight is 351 g/mol. The third kappa shape index (κ3) is 5.02. The van der Waals surface area contributed by atoms with E-state index in [0.717, 1.165) is 16.9 Å². The number of rotatable bonds is 8. The molecular weight excluding hydrogens is 330 g/mol. The van der Waals surface area contributed by atoms with E-state index in [1.54, 1.807) is 18.2 Å². The van der Waals surface area contributed by atoms with Crippen LogP contribution in [0.3, 0.4) is 0 Å². The molecule has 0 atom stereocenters. The Kier molecular flexibility index (Phi) is 7.08. The highest BCUT2D eigenvalue weighted by Crippen LogP contribution is 2.33. The molecule has 26 heavy (non-hydrogen) atoms. The molecule has 0 fully saturated rings. The van der Waals surface area contributed by atoms with Gasteiger partial charge in [-0.05, 0) is 43.7 Å². The number of ether oxygens (including phenoxy) is 3. The molecule has 2 aromatic carbocycles. The van der Waals surface area contributed by atoms with Gasteiger partial charge in [0, 0.05) is 5.56 Å². The lowest BCUT2D eigenvalue weighted by Crippen LogP contribution is -2.12. The van der Waals surface area contributed by atoms with E-state index in [2.05, 4.69) is 17.3 Å². The van der Waals surface area contributed by atoms with E-state index in [-0.39, 0.29) is 13.2 Å². The van der Waals surface area contributed by atoms with Crippen LogP contribution < -0.4 is 10.2 Å². The van der Waals surface area contributed by atoms with Crippen LogP contribution in [0.25, 0.3) is 0 Å². The summed E-state index contributed by atoms with van der Waals surface area (Å²) in [5.74, 6) is 6.06. The molecule has 2 aromatic rings. The lowest BCUT2D eigenvalue weighted by molar-refractivity contribution is -0.127. The highest BCUT2D eigenvalue weighted by Gasteiger charge is 2.18. The maximum absolute atomic E-state index is 9.39. The molecule has 5 nitrogen and oxygen atoms in total. The van der Waals surface area contributed by atoms with Gasteiger partial charge in [-0.1, -0.05) is 29.5 Å². The summed E-state index contributed by atoms with van der Waals surface area (Å²) in [7, 11) is 0. The SMILES string of the molecule is C#CCOC(OCC#C)c1cc(Oc2ccc(C)cc2C)ccc1NO. The Hall–Kier alpha value is -2.96. The van der Waals surface area contributed by atoms with Gasteiger partial charge >= 0.3 is 0 Å². The normalized spacial score (nSPS) is 10.2. The smallest absolute Gasteiger partial charge is 0.188 e. The molecule has 134 valence electrons. The number of anilines is 1. The van der Waals surface area contributed by atoms with Crippen LogP contribution in [0, 0.1) is 38.5 Å². The summed E-state index contributed by atoms with van der Waals surface area (Å²) in [5, 5.41) is 9.39. The van der Waals surface area contributed by atoms with Crippen molar-refractivity contribution in [2.45, 2.75) is 20.1 Å². The fourth-order valence-electron chi connectivity index (χ4n) is 2.42. The minimum Gasteiger partial charge on any atom is -0.457 e. The van der Waals surface area contributed by atoms with Gasteiger partial charge in [0.1, 0.15) is 24.7 Å². The molecular formula is C21H21NO4. The minimum atomic E-state index is -0.848. The third-order valence-electron chi connectivity index (χ3n) is 3.59. The molecule has 0 saturated heterocycles. The zero-order chi connectivity index (χ0) is 18.9. The van der Waals surface area contributed by atoms with Gasteiger partial charge in [-0.15, -0.1) is 12.8 Å². The van der Waals surface area contributed by atoms with E-state index in [4.69, 9.17) is 27.1 Å². The van der Waals surface area contributed by atoms with Gasteiger partial charge in [-0.25, -0.2) is 0 Å². The van der Waals surface area contributed by atoms with E-state index < -0.39 is 6.29 Å². The summed E-state index contributed by atoms with van der Waals surface area (Å²) in [4.78, 5) is 0. The Morgan fingerprint density at radius 2 is 1.73 bits per heavy atom. The second kappa shape index (κ2) is 9.50. The summed E-state index contributed by atoms with van der Waals surface area (Å²) in [6.07, 6.45) is 9.66. The van der Waals surface area contributed by atoms with Crippen LogP contribution in [0.4, 0.5) is 5.69 Å². The van der Waals surface area contributed by atoms with Crippen LogP contribution in [0.1, 0.15) is 23.0 Å². The molecule has 0 aromatic heterocycles. The monoisotopic (exact) mass is 351 g/mol. The largest absolute Gasteiger partial charge is 0.457 e. The summed E-state index contributed by atoms with van der Waals surface area (Å²) in [6, 6.07) is 11.0. The van der Waals surface area contributed by atoms with Crippen LogP contribution in [0.2, 0.25) is 0 Å². The van der Waals surface area contributed by atoms with E-state index >= 15 is 0 Å². The van der Waals surface area contributed by atoms with Gasteiger partial charge in [-0.3, -0.25) is 10.7 Å². The topological polar surface area (TPSA) is 60.0 Å². The third-order valence-corrected chi connectivity index (χ3v) is 3.59. The number of nitrogens with one attached hydrogen (secondary N) is 1. The lowest BCUT2D eigenvalue weighted by Gasteiger charge is -2.20. The Labute approximate surface area is 153 Å². The zero-order valence-electron chi connectivity index (χ0n) is 14.8. The van der Waals surface area contributed by atoms with E-state index in [9.17, 15) is 5.21 Å². The van der Waals surface area contributed by atoms with Crippen molar-refractivity contribution in [1.29, 1.82) is 0 Å². The summed E-state index contributed by atoms with van der Waals surface area (Å²) in [5.41, 5.74) is 5.20. The number of hydrogen-bond donors (Lipinski definition) is 2. The number of benzene rings is 2. The molecule has 0 bridgehead atoms. The molecule has 0 radical (unpaired) electrons. The molecule has 2 N–H and O–H groups in total. The van der Waals surface area contributed by atoms with E-state index in [0.29, 0.717) is 17.0 Å². The molecule has 0 saturated carbocycles. The van der Waals surface area contributed by atoms with Crippen LogP contribution in [-0.2, 0) is 9.47 Å². The highest BCUT2D eigenvalue weighted by atomic mass is 16.7. The van der Waals surface area contributed by atoms with Crippen molar-refractivity contribution >= 4 is 5.69 Å². The number of hydrogen-bond acceptors (Lipinski definition) is 5. The number of aryl methyl sites for hydroxylation is 2. The summed E-state index contributed by atoms with van der Waals surface area (Å²) in [6.45, 7) is 4.05. The molecule has 0 unspecified atom stereocenters. The zero-order valence-corrected chi connectivity index (χ0v) is 14.8. The second-order valence-corrected chi connectivity index (χ2v) is 5.59. The average Bonchev–Trinajstić information content (AvgIpc) is 2.64. The van der Waals surface area contributed by atoms with Gasteiger partial charge in [0.05, 0.1) is 5.69 Å². The van der Waals surface area contributed by atoms with Crippen LogP contribution >= 0.6 is 0 Å². The van der Waals surface area contributed by atoms with Gasteiger partial charge < -0.3 is 14.2 Å². The van der Waals surface area contributed by atoms with Crippen molar-refractivity contribution in [3.8, 4) is 36.2 Å². The first kappa shape index (κ1) is 19.4. The molecule has 2 rings (SSSR count). The van der Waals surface area contributed by atoms with Crippen molar-refractivity contribution < 1.29 is 19.4 Å². The lowest BCUT2D eigenvalue weighted by atomic mass is 10.1. The van der Waals surface area contributed by atoms with E-state index in [1.807, 2.05) is 32.0 Å². The highest BCUT2D eigenvalue weighted by molar-refractivity contribution is 5.54. The summed E-state index contributed by atoms with van der Waals surface area (Å²) < 4.78 is 17.0. The molecule has 0 aliphatic rings. The van der Waals surface area contributed by atoms with Crippen molar-refractivity contribution in [2.24, 2.45) is 0 Å². The fraction of sp³-hybridized carbons (Fsp3) is 0.238. The van der Waals surface area contributed by atoms with Gasteiger partial charge in [-0.2, -0.15) is 0 Å². The first-order valence-corrected chi connectivity index (χ1v) is 7.98. The quantitative estimate of drug-likeness (QED) is 0.424. The Bertz CT molecular complexity index is 815. The first-order valence-electron chi connectivity index (χ1n) is 7.98. The van der Waals surface area contributed by atoms with E-state index in [1.165, 1.54) is 0 Å². The molecule has 0 spiro atoms. The predicted molar refractivity (Wildman–Crippen MR) is 100 cm³/mol. The van der Waals surface area contributed by atoms with Crippen LogP contribution in [0.15, 0.2) is 36.4 Å². The molecule has 0 heterocycles. The Morgan fingerprint density at radius 3 is 2.31 bits per heavy atom. The second-order valence-electron chi connectivity index (χ2n) is 5.59. The Morgan fingerprint density at radius 1 is 1.04 bits per heavy atom. The molecule has 0 aliphatic heterocycles. The summed E-state index contributed by atoms with van der Waals surface area (Å²) >= 11 is 0. The standard InChI is InChI=1S/C21H21NO4/c1-5-11-24-21(25-12-6-2)18-14-17(8-9-19(18)22-23)26-20-10-7-15(3)13-16(20)4/h1-2,7-10,13-14,21-23H,11-12H2,3-4H3. The van der Waals surface area contributed by atoms with Crippen LogP contribution in [-0.4, -0.2) is 18.4 Å². The molecule has 5 heteroatoms. The van der Waals surface area contributed by atoms with Crippen molar-refractivity contribution in [3.05, 3.63) is 53.1 Å². The predicted octanol–water partition coefficient (Wildman–Crippen LogP) is 4.20. The Balaban J connectivity index is 2.33. The van der Waals surface area contributed by atoms with Crippen molar-refractivity contribution in [2.75, 3.05) is 18.7 Å². The van der Waals surface area contributed by atoms with Crippen molar-refractivity contribution in [1.82, 2.24) is 0 Å². The van der Waals surface area contributed by atoms with Gasteiger partial charge in [0.25, 0.3) is 0 Å². The van der Waals surface area contributed by atoms with Gasteiger partial charge in [0.15, 0.2) is 6.29 Å². The van der Waals surface area contributed by atoms with Crippen molar-refractivity contribution in [3.63, 3.8) is 0 Å². The maximum atomic E-state index is 9.39. The fourth-order valence-corrected chi connectivity index (χ4v) is 2.42. The minimum absolute atomic E-state index is 0.0300. The first-order chi connectivity index (χ1) is 12.6.